The summed E-state index contributed by atoms with van der Waals surface area (Å²) in [4.78, 5) is 39.0. The van der Waals surface area contributed by atoms with Gasteiger partial charge in [-0.05, 0) is 24.6 Å². The van der Waals surface area contributed by atoms with Gasteiger partial charge >= 0.3 is 5.97 Å². The molecule has 2 aliphatic rings. The largest absolute Gasteiger partial charge is 0.493 e. The van der Waals surface area contributed by atoms with Crippen LogP contribution in [0, 0.1) is 0 Å². The van der Waals surface area contributed by atoms with Crippen LogP contribution in [0.15, 0.2) is 42.5 Å². The molecule has 2 amide bonds. The van der Waals surface area contributed by atoms with E-state index in [-0.39, 0.29) is 18.2 Å². The Hall–Kier alpha value is -3.55. The van der Waals surface area contributed by atoms with E-state index in [2.05, 4.69) is 5.32 Å². The molecular weight excluding hydrogens is 376 g/mol. The molecule has 8 nitrogen and oxygen atoms in total. The van der Waals surface area contributed by atoms with Crippen molar-refractivity contribution in [1.29, 1.82) is 0 Å². The summed E-state index contributed by atoms with van der Waals surface area (Å²) < 4.78 is 15.9. The highest BCUT2D eigenvalue weighted by Crippen LogP contribution is 2.38. The number of amides is 2. The van der Waals surface area contributed by atoms with E-state index in [1.54, 1.807) is 42.5 Å². The van der Waals surface area contributed by atoms with E-state index in [9.17, 15) is 14.4 Å². The highest BCUT2D eigenvalue weighted by atomic mass is 16.6. The van der Waals surface area contributed by atoms with Crippen LogP contribution >= 0.6 is 0 Å². The van der Waals surface area contributed by atoms with Crippen molar-refractivity contribution < 1.29 is 28.6 Å². The maximum atomic E-state index is 13.0. The Morgan fingerprint density at radius 2 is 1.86 bits per heavy atom. The summed E-state index contributed by atoms with van der Waals surface area (Å²) in [6.07, 6.45) is -0.344. The molecule has 2 aromatic rings. The summed E-state index contributed by atoms with van der Waals surface area (Å²) in [5.41, 5.74) is 1.52. The van der Waals surface area contributed by atoms with Crippen LogP contribution in [0.1, 0.15) is 35.0 Å². The molecule has 0 aliphatic carbocycles. The van der Waals surface area contributed by atoms with Crippen LogP contribution in [0.2, 0.25) is 0 Å². The highest BCUT2D eigenvalue weighted by molar-refractivity contribution is 6.00. The number of carbonyl (C=O) groups is 3. The molecule has 8 heteroatoms. The Labute approximate surface area is 167 Å². The van der Waals surface area contributed by atoms with E-state index in [1.807, 2.05) is 0 Å². The van der Waals surface area contributed by atoms with Crippen LogP contribution in [0.5, 0.6) is 11.5 Å². The van der Waals surface area contributed by atoms with Crippen molar-refractivity contribution >= 4 is 23.5 Å². The summed E-state index contributed by atoms with van der Waals surface area (Å²) in [7, 11) is 3.03. The number of hydrogen-bond donors (Lipinski definition) is 1. The smallest absolute Gasteiger partial charge is 0.340 e. The van der Waals surface area contributed by atoms with Gasteiger partial charge in [-0.3, -0.25) is 14.5 Å². The zero-order chi connectivity index (χ0) is 20.5. The normalized spacial score (nSPS) is 20.3. The third-order valence-electron chi connectivity index (χ3n) is 5.13. The lowest BCUT2D eigenvalue weighted by Gasteiger charge is -2.29. The minimum Gasteiger partial charge on any atom is -0.493 e. The number of esters is 1. The number of fused-ring (bicyclic) bond motifs is 1. The second-order valence-electron chi connectivity index (χ2n) is 6.76. The fourth-order valence-electron chi connectivity index (χ4n) is 3.73. The molecule has 0 bridgehead atoms. The molecular formula is C21H20N2O6. The number of carbonyl (C=O) groups excluding carboxylic acids is 3. The Balaban J connectivity index is 1.57. The average molecular weight is 396 g/mol. The molecule has 0 spiro atoms. The van der Waals surface area contributed by atoms with Crippen LogP contribution in [-0.4, -0.2) is 42.9 Å². The average Bonchev–Trinajstić information content (AvgIpc) is 3.28. The van der Waals surface area contributed by atoms with Crippen LogP contribution < -0.4 is 14.8 Å². The molecule has 29 heavy (non-hydrogen) atoms. The Kier molecular flexibility index (Phi) is 4.84. The van der Waals surface area contributed by atoms with Gasteiger partial charge in [-0.2, -0.15) is 0 Å². The summed E-state index contributed by atoms with van der Waals surface area (Å²) in [6.45, 7) is 0. The van der Waals surface area contributed by atoms with Gasteiger partial charge in [0.05, 0.1) is 19.8 Å². The molecule has 0 unspecified atom stereocenters. The Morgan fingerprint density at radius 3 is 2.62 bits per heavy atom. The number of methoxy groups -OCH3 is 2. The van der Waals surface area contributed by atoms with Gasteiger partial charge in [0.2, 0.25) is 18.0 Å². The molecule has 2 atom stereocenters. The van der Waals surface area contributed by atoms with E-state index < -0.39 is 18.2 Å². The number of nitrogens with zero attached hydrogens (tertiary/aromatic N) is 1. The maximum absolute atomic E-state index is 13.0. The van der Waals surface area contributed by atoms with E-state index >= 15 is 0 Å². The summed E-state index contributed by atoms with van der Waals surface area (Å²) >= 11 is 0. The summed E-state index contributed by atoms with van der Waals surface area (Å²) in [6, 6.07) is 11.1. The van der Waals surface area contributed by atoms with Gasteiger partial charge in [0, 0.05) is 23.7 Å². The summed E-state index contributed by atoms with van der Waals surface area (Å²) in [5, 5.41) is 2.81. The zero-order valence-corrected chi connectivity index (χ0v) is 16.0. The lowest BCUT2D eigenvalue weighted by atomic mass is 10.1. The third-order valence-corrected chi connectivity index (χ3v) is 5.13. The van der Waals surface area contributed by atoms with E-state index in [4.69, 9.17) is 14.2 Å². The second kappa shape index (κ2) is 7.46. The first-order valence-corrected chi connectivity index (χ1v) is 9.17. The molecule has 150 valence electrons. The van der Waals surface area contributed by atoms with Crippen molar-refractivity contribution in [2.24, 2.45) is 0 Å². The molecule has 2 heterocycles. The van der Waals surface area contributed by atoms with E-state index in [0.717, 1.165) is 0 Å². The second-order valence-corrected chi connectivity index (χ2v) is 6.76. The third kappa shape index (κ3) is 3.26. The number of likely N-dealkylation sites (tertiary alicyclic amines) is 1. The minimum atomic E-state index is -0.894. The van der Waals surface area contributed by atoms with Gasteiger partial charge in [-0.15, -0.1) is 0 Å². The minimum absolute atomic E-state index is 0.209. The maximum Gasteiger partial charge on any atom is 0.340 e. The molecule has 0 radical (unpaired) electrons. The lowest BCUT2D eigenvalue weighted by Crippen LogP contribution is -2.43. The molecule has 2 aliphatic heterocycles. The Morgan fingerprint density at radius 1 is 1.10 bits per heavy atom. The molecule has 0 aromatic heterocycles. The van der Waals surface area contributed by atoms with Gasteiger partial charge in [-0.25, -0.2) is 4.79 Å². The van der Waals surface area contributed by atoms with Gasteiger partial charge < -0.3 is 19.5 Å². The zero-order valence-electron chi connectivity index (χ0n) is 16.0. The fraction of sp³-hybridized carbons (Fsp3) is 0.286. The number of nitrogens with one attached hydrogen (secondary N) is 1. The number of anilines is 1. The van der Waals surface area contributed by atoms with Crippen molar-refractivity contribution in [3.05, 3.63) is 53.6 Å². The van der Waals surface area contributed by atoms with Gasteiger partial charge in [-0.1, -0.05) is 18.2 Å². The first kappa shape index (κ1) is 18.8. The SMILES string of the molecule is COc1ccc(NC(=O)[C@@H]2CCC(=O)N2[C@H]2OC(=O)c3ccccc32)cc1OC. The predicted octanol–water partition coefficient (Wildman–Crippen LogP) is 2.50. The van der Waals surface area contributed by atoms with Crippen LogP contribution in [0.4, 0.5) is 5.69 Å². The molecule has 0 saturated carbocycles. The molecule has 1 saturated heterocycles. The molecule has 1 N–H and O–H groups in total. The Bertz CT molecular complexity index is 989. The van der Waals surface area contributed by atoms with Crippen molar-refractivity contribution in [3.8, 4) is 11.5 Å². The van der Waals surface area contributed by atoms with Gasteiger partial charge in [0.1, 0.15) is 6.04 Å². The number of hydrogen-bond acceptors (Lipinski definition) is 6. The van der Waals surface area contributed by atoms with Crippen LogP contribution in [0.3, 0.4) is 0 Å². The van der Waals surface area contributed by atoms with E-state index in [0.29, 0.717) is 34.7 Å². The van der Waals surface area contributed by atoms with E-state index in [1.165, 1.54) is 19.1 Å². The van der Waals surface area contributed by atoms with Crippen molar-refractivity contribution in [2.75, 3.05) is 19.5 Å². The van der Waals surface area contributed by atoms with Gasteiger partial charge in [0.15, 0.2) is 11.5 Å². The molecule has 1 fully saturated rings. The topological polar surface area (TPSA) is 94.2 Å². The molecule has 2 aromatic carbocycles. The lowest BCUT2D eigenvalue weighted by molar-refractivity contribution is -0.144. The fourth-order valence-corrected chi connectivity index (χ4v) is 3.73. The molecule has 4 rings (SSSR count). The van der Waals surface area contributed by atoms with Crippen molar-refractivity contribution in [2.45, 2.75) is 25.1 Å². The van der Waals surface area contributed by atoms with Crippen LogP contribution in [0.25, 0.3) is 0 Å². The standard InChI is InChI=1S/C21H20N2O6/c1-27-16-9-7-12(11-17(16)28-2)22-19(25)15-8-10-18(24)23(15)20-13-5-3-4-6-14(13)21(26)29-20/h3-7,9,11,15,20H,8,10H2,1-2H3,(H,22,25)/t15-,20-/m0/s1. The first-order chi connectivity index (χ1) is 14.0. The number of rotatable bonds is 5. The number of cyclic esters (lactones) is 1. The number of ether oxygens (including phenoxy) is 3. The first-order valence-electron chi connectivity index (χ1n) is 9.17. The van der Waals surface area contributed by atoms with Crippen LogP contribution in [-0.2, 0) is 14.3 Å². The van der Waals surface area contributed by atoms with Crippen molar-refractivity contribution in [3.63, 3.8) is 0 Å². The number of benzene rings is 2. The monoisotopic (exact) mass is 396 g/mol. The highest BCUT2D eigenvalue weighted by Gasteiger charge is 2.46. The quantitative estimate of drug-likeness (QED) is 0.781. The van der Waals surface area contributed by atoms with Gasteiger partial charge in [0.25, 0.3) is 0 Å². The summed E-state index contributed by atoms with van der Waals surface area (Å²) in [5.74, 6) is -0.0687. The predicted molar refractivity (Wildman–Crippen MR) is 103 cm³/mol. The van der Waals surface area contributed by atoms with Crippen molar-refractivity contribution in [1.82, 2.24) is 4.90 Å².